The number of H-pyrrole nitrogens is 2. The predicted octanol–water partition coefficient (Wildman–Crippen LogP) is 2.34. The summed E-state index contributed by atoms with van der Waals surface area (Å²) in [6.45, 7) is 0.520. The molecule has 6 aromatic rings. The van der Waals surface area contributed by atoms with Gasteiger partial charge in [-0.25, -0.2) is 29.5 Å². The zero-order valence-electron chi connectivity index (χ0n) is 28.8. The lowest BCUT2D eigenvalue weighted by molar-refractivity contribution is -0.137. The summed E-state index contributed by atoms with van der Waals surface area (Å²) in [5, 5.41) is 26.9. The highest BCUT2D eigenvalue weighted by Crippen LogP contribution is 2.33. The van der Waals surface area contributed by atoms with E-state index >= 15 is 0 Å². The summed E-state index contributed by atoms with van der Waals surface area (Å²) in [5.74, 6) is 0.102. The van der Waals surface area contributed by atoms with Gasteiger partial charge >= 0.3 is 23.3 Å². The number of aliphatic hydroxyl groups is 1. The average molecular weight is 725 g/mol. The van der Waals surface area contributed by atoms with E-state index in [0.29, 0.717) is 57.9 Å². The van der Waals surface area contributed by atoms with Gasteiger partial charge in [-0.2, -0.15) is 0 Å². The van der Waals surface area contributed by atoms with Crippen LogP contribution >= 0.6 is 0 Å². The van der Waals surface area contributed by atoms with Crippen molar-refractivity contribution in [3.63, 3.8) is 0 Å². The molecule has 9 N–H and O–H groups in total. The third kappa shape index (κ3) is 8.58. The maximum atomic E-state index is 12.5. The van der Waals surface area contributed by atoms with Crippen molar-refractivity contribution in [1.29, 1.82) is 0 Å². The number of nitrogens with one attached hydrogen (secondary N) is 2. The molecule has 0 bridgehead atoms. The molecule has 17 heteroatoms. The maximum absolute atomic E-state index is 12.5. The van der Waals surface area contributed by atoms with Crippen molar-refractivity contribution in [3.05, 3.63) is 103 Å². The van der Waals surface area contributed by atoms with Crippen molar-refractivity contribution in [2.75, 3.05) is 18.1 Å². The molecular weight excluding hydrogens is 684 g/mol. The lowest BCUT2D eigenvalue weighted by atomic mass is 10.1. The Balaban J connectivity index is 0.000000182. The lowest BCUT2D eigenvalue weighted by Crippen LogP contribution is -2.18. The van der Waals surface area contributed by atoms with Crippen molar-refractivity contribution < 1.29 is 24.9 Å². The Hall–Kier alpha value is -6.36. The molecule has 2 aromatic carbocycles. The first kappa shape index (κ1) is 36.4. The fraction of sp³-hybridized carbons (Fsp3) is 0.333. The van der Waals surface area contributed by atoms with Gasteiger partial charge in [0.25, 0.3) is 0 Å². The molecule has 0 aliphatic heterocycles. The number of rotatable bonds is 12. The second-order valence-corrected chi connectivity index (χ2v) is 13.0. The average Bonchev–Trinajstić information content (AvgIpc) is 3.83. The van der Waals surface area contributed by atoms with E-state index in [1.54, 1.807) is 36.4 Å². The van der Waals surface area contributed by atoms with Gasteiger partial charge in [0, 0.05) is 18.9 Å². The van der Waals surface area contributed by atoms with Crippen LogP contribution in [0.4, 0.5) is 11.6 Å². The van der Waals surface area contributed by atoms with Crippen LogP contribution in [0.2, 0.25) is 0 Å². The lowest BCUT2D eigenvalue weighted by Gasteiger charge is -2.10. The number of aliphatic carboxylic acids is 2. The molecule has 0 radical (unpaired) electrons. The quantitative estimate of drug-likeness (QED) is 0.0956. The van der Waals surface area contributed by atoms with Crippen molar-refractivity contribution in [1.82, 2.24) is 39.0 Å². The molecule has 1 aliphatic rings. The fourth-order valence-corrected chi connectivity index (χ4v) is 6.57. The monoisotopic (exact) mass is 724 g/mol. The van der Waals surface area contributed by atoms with Crippen LogP contribution in [0.3, 0.4) is 0 Å². The number of carboxylic acids is 2. The third-order valence-electron chi connectivity index (χ3n) is 9.02. The third-order valence-corrected chi connectivity index (χ3v) is 9.02. The molecular formula is C36H40N10O7. The molecule has 0 unspecified atom stereocenters. The van der Waals surface area contributed by atoms with Crippen molar-refractivity contribution in [2.24, 2.45) is 0 Å². The van der Waals surface area contributed by atoms with Gasteiger partial charge in [-0.15, -0.1) is 0 Å². The van der Waals surface area contributed by atoms with E-state index in [-0.39, 0.29) is 61.5 Å². The molecule has 0 atom stereocenters. The molecule has 276 valence electrons. The molecule has 17 nitrogen and oxygen atoms in total. The second kappa shape index (κ2) is 15.9. The number of aromatic amines is 2. The van der Waals surface area contributed by atoms with Crippen LogP contribution in [-0.2, 0) is 41.9 Å². The van der Waals surface area contributed by atoms with Crippen LogP contribution in [-0.4, -0.2) is 72.9 Å². The van der Waals surface area contributed by atoms with Gasteiger partial charge in [0.1, 0.15) is 22.7 Å². The fourth-order valence-electron chi connectivity index (χ4n) is 6.57. The van der Waals surface area contributed by atoms with Crippen molar-refractivity contribution in [3.8, 4) is 0 Å². The number of nitrogens with two attached hydrogens (primary N) is 2. The van der Waals surface area contributed by atoms with Gasteiger partial charge in [0.15, 0.2) is 22.9 Å². The maximum Gasteiger partial charge on any atom is 0.328 e. The van der Waals surface area contributed by atoms with Gasteiger partial charge in [-0.1, -0.05) is 61.4 Å². The SMILES string of the molecule is Nc1nc(C2CCCC2)nc2c1[nH]c(=O)n2Cc1cccc(CC(=O)O)c1.Nc1nc(CCCO)nc2c1[nH]c(=O)n2Cc1cccc(CC(=O)O)c1. The Kier molecular flexibility index (Phi) is 10.9. The highest BCUT2D eigenvalue weighted by Gasteiger charge is 2.23. The number of nitrogens with zero attached hydrogens (tertiary/aromatic N) is 6. The summed E-state index contributed by atoms with van der Waals surface area (Å²) in [6, 6.07) is 14.2. The first-order valence-corrected chi connectivity index (χ1v) is 17.2. The number of fused-ring (bicyclic) bond motifs is 2. The normalized spacial score (nSPS) is 13.0. The van der Waals surface area contributed by atoms with Gasteiger partial charge in [-0.3, -0.25) is 18.7 Å². The van der Waals surface area contributed by atoms with E-state index in [1.165, 1.54) is 9.13 Å². The highest BCUT2D eigenvalue weighted by molar-refractivity contribution is 5.82. The van der Waals surface area contributed by atoms with Gasteiger partial charge in [0.05, 0.1) is 25.9 Å². The molecule has 7 rings (SSSR count). The number of hydrogen-bond donors (Lipinski definition) is 7. The number of carbonyl (C=O) groups is 2. The van der Waals surface area contributed by atoms with Crippen LogP contribution in [0.1, 0.15) is 71.9 Å². The molecule has 1 aliphatic carbocycles. The first-order valence-electron chi connectivity index (χ1n) is 17.2. The van der Waals surface area contributed by atoms with Crippen LogP contribution in [0.15, 0.2) is 58.1 Å². The Bertz CT molecular complexity index is 2410. The Morgan fingerprint density at radius 3 is 1.74 bits per heavy atom. The van der Waals surface area contributed by atoms with Gasteiger partial charge in [0.2, 0.25) is 0 Å². The Morgan fingerprint density at radius 2 is 1.23 bits per heavy atom. The van der Waals surface area contributed by atoms with E-state index in [0.717, 1.165) is 36.8 Å². The smallest absolute Gasteiger partial charge is 0.328 e. The standard InChI is InChI=1S/C19H21N5O3.C17H19N5O4/c20-16-15-18(23-17(22-16)13-6-1-2-7-13)24(19(27)21-15)10-12-5-3-4-11(8-12)9-14(25)26;18-15-14-16(20-12(19-15)5-2-6-23)22(17(26)21-14)9-11-4-1-3-10(7-11)8-13(24)25/h3-5,8,13H,1-2,6-7,9-10H2,(H,21,27)(H,25,26)(H2,20,22,23);1,3-4,7,23H,2,5-6,8-9H2,(H,21,26)(H,24,25)(H2,18,19,20). The first-order chi connectivity index (χ1) is 25.5. The number of hydrogen-bond acceptors (Lipinski definition) is 11. The van der Waals surface area contributed by atoms with Crippen LogP contribution in [0, 0.1) is 0 Å². The number of nitrogen functional groups attached to an aromatic ring is 2. The predicted molar refractivity (Wildman–Crippen MR) is 196 cm³/mol. The second-order valence-electron chi connectivity index (χ2n) is 13.0. The summed E-state index contributed by atoms with van der Waals surface area (Å²) in [7, 11) is 0. The summed E-state index contributed by atoms with van der Waals surface area (Å²) < 4.78 is 2.97. The molecule has 53 heavy (non-hydrogen) atoms. The number of aryl methyl sites for hydroxylation is 1. The largest absolute Gasteiger partial charge is 0.481 e. The number of aliphatic hydroxyl groups excluding tert-OH is 1. The minimum atomic E-state index is -0.916. The molecule has 4 heterocycles. The molecule has 0 amide bonds. The van der Waals surface area contributed by atoms with E-state index in [9.17, 15) is 19.2 Å². The van der Waals surface area contributed by atoms with Gasteiger partial charge < -0.3 is 36.8 Å². The van der Waals surface area contributed by atoms with E-state index in [1.807, 2.05) is 12.1 Å². The highest BCUT2D eigenvalue weighted by atomic mass is 16.4. The summed E-state index contributed by atoms with van der Waals surface area (Å²) in [6.07, 6.45) is 5.19. The Morgan fingerprint density at radius 1 is 0.736 bits per heavy atom. The number of benzene rings is 2. The van der Waals surface area contributed by atoms with E-state index in [4.69, 9.17) is 26.8 Å². The zero-order chi connectivity index (χ0) is 37.6. The summed E-state index contributed by atoms with van der Waals surface area (Å²) in [5.41, 5.74) is 16.0. The van der Waals surface area contributed by atoms with E-state index in [2.05, 4.69) is 29.9 Å². The van der Waals surface area contributed by atoms with Crippen molar-refractivity contribution >= 4 is 45.9 Å². The van der Waals surface area contributed by atoms with Crippen molar-refractivity contribution in [2.45, 2.75) is 70.4 Å². The van der Waals surface area contributed by atoms with Crippen LogP contribution in [0.25, 0.3) is 22.3 Å². The molecule has 1 saturated carbocycles. The summed E-state index contributed by atoms with van der Waals surface area (Å²) >= 11 is 0. The van der Waals surface area contributed by atoms with Gasteiger partial charge in [-0.05, 0) is 41.5 Å². The zero-order valence-corrected chi connectivity index (χ0v) is 28.8. The van der Waals surface area contributed by atoms with Crippen LogP contribution in [0.5, 0.6) is 0 Å². The Labute approximate surface area is 301 Å². The molecule has 0 spiro atoms. The molecule has 1 fully saturated rings. The number of anilines is 2. The molecule has 4 aromatic heterocycles. The number of imidazole rings is 2. The summed E-state index contributed by atoms with van der Waals surface area (Å²) in [4.78, 5) is 69.6. The minimum absolute atomic E-state index is 0.0115. The van der Waals surface area contributed by atoms with E-state index < -0.39 is 11.9 Å². The number of carboxylic acid groups (broad SMARTS) is 2. The van der Waals surface area contributed by atoms with Crippen LogP contribution < -0.4 is 22.8 Å². The topological polar surface area (TPSA) is 274 Å². The minimum Gasteiger partial charge on any atom is -0.481 e. The number of aromatic nitrogens is 8. The molecule has 0 saturated heterocycles.